The van der Waals surface area contributed by atoms with Gasteiger partial charge in [-0.3, -0.25) is 0 Å². The van der Waals surface area contributed by atoms with Crippen molar-refractivity contribution in [2.75, 3.05) is 20.2 Å². The lowest BCUT2D eigenvalue weighted by Crippen LogP contribution is -2.18. The lowest BCUT2D eigenvalue weighted by atomic mass is 10.2. The smallest absolute Gasteiger partial charge is 0.0559 e. The van der Waals surface area contributed by atoms with Crippen LogP contribution in [0.2, 0.25) is 0 Å². The van der Waals surface area contributed by atoms with Crippen LogP contribution in [0.3, 0.4) is 0 Å². The summed E-state index contributed by atoms with van der Waals surface area (Å²) in [7, 11) is 1.97. The summed E-state index contributed by atoms with van der Waals surface area (Å²) in [5.74, 6) is 0. The first-order chi connectivity index (χ1) is 7.33. The summed E-state index contributed by atoms with van der Waals surface area (Å²) in [4.78, 5) is 0. The highest BCUT2D eigenvalue weighted by molar-refractivity contribution is 5.14. The van der Waals surface area contributed by atoms with Crippen molar-refractivity contribution in [3.63, 3.8) is 0 Å². The third kappa shape index (κ3) is 5.55. The molecule has 1 unspecified atom stereocenters. The number of ether oxygens (including phenoxy) is 1. The molecule has 84 valence electrons. The second-order valence-corrected chi connectivity index (χ2v) is 3.81. The van der Waals surface area contributed by atoms with Gasteiger partial charge < -0.3 is 10.1 Å². The van der Waals surface area contributed by atoms with Crippen LogP contribution in [0.25, 0.3) is 0 Å². The number of hydrogen-bond donors (Lipinski definition) is 1. The van der Waals surface area contributed by atoms with Crippen molar-refractivity contribution in [1.82, 2.24) is 5.32 Å². The maximum atomic E-state index is 5.71. The minimum Gasteiger partial charge on any atom is -0.378 e. The first-order valence-electron chi connectivity index (χ1n) is 5.63. The molecule has 0 saturated carbocycles. The van der Waals surface area contributed by atoms with E-state index in [0.717, 1.165) is 26.0 Å². The Morgan fingerprint density at radius 1 is 1.27 bits per heavy atom. The van der Waals surface area contributed by atoms with Crippen LogP contribution in [0, 0.1) is 0 Å². The van der Waals surface area contributed by atoms with Gasteiger partial charge in [0.1, 0.15) is 0 Å². The summed E-state index contributed by atoms with van der Waals surface area (Å²) in [5.41, 5.74) is 1.35. The molecule has 0 spiro atoms. The van der Waals surface area contributed by atoms with Gasteiger partial charge in [0.25, 0.3) is 0 Å². The van der Waals surface area contributed by atoms with E-state index >= 15 is 0 Å². The predicted octanol–water partition coefficient (Wildman–Crippen LogP) is 2.24. The zero-order valence-electron chi connectivity index (χ0n) is 9.70. The summed E-state index contributed by atoms with van der Waals surface area (Å²) >= 11 is 0. The molecule has 0 aliphatic rings. The number of hydrogen-bond acceptors (Lipinski definition) is 2. The molecular weight excluding hydrogens is 186 g/mol. The molecular formula is C13H21NO. The topological polar surface area (TPSA) is 21.3 Å². The van der Waals surface area contributed by atoms with Crippen molar-refractivity contribution in [3.05, 3.63) is 35.9 Å². The van der Waals surface area contributed by atoms with E-state index in [-0.39, 0.29) is 0 Å². The van der Waals surface area contributed by atoms with Crippen molar-refractivity contribution >= 4 is 0 Å². The van der Waals surface area contributed by atoms with E-state index in [1.54, 1.807) is 0 Å². The van der Waals surface area contributed by atoms with Gasteiger partial charge >= 0.3 is 0 Å². The van der Waals surface area contributed by atoms with Gasteiger partial charge in [-0.05, 0) is 38.9 Å². The molecule has 0 heterocycles. The standard InChI is InChI=1S/C13H21NO/c1-12(8-10-14-2)15-11-9-13-6-4-3-5-7-13/h3-7,12,14H,8-11H2,1-2H3. The fourth-order valence-corrected chi connectivity index (χ4v) is 1.45. The van der Waals surface area contributed by atoms with Crippen LogP contribution >= 0.6 is 0 Å². The molecule has 1 N–H and O–H groups in total. The van der Waals surface area contributed by atoms with Gasteiger partial charge in [0.05, 0.1) is 12.7 Å². The zero-order valence-corrected chi connectivity index (χ0v) is 9.70. The van der Waals surface area contributed by atoms with E-state index in [0.29, 0.717) is 6.10 Å². The number of rotatable bonds is 7. The normalized spacial score (nSPS) is 12.7. The quantitative estimate of drug-likeness (QED) is 0.740. The average Bonchev–Trinajstić information content (AvgIpc) is 2.28. The van der Waals surface area contributed by atoms with E-state index in [1.807, 2.05) is 13.1 Å². The van der Waals surface area contributed by atoms with Gasteiger partial charge in [0.15, 0.2) is 0 Å². The summed E-state index contributed by atoms with van der Waals surface area (Å²) in [6, 6.07) is 10.5. The molecule has 0 radical (unpaired) electrons. The maximum absolute atomic E-state index is 5.71. The molecule has 1 rings (SSSR count). The first-order valence-corrected chi connectivity index (χ1v) is 5.63. The van der Waals surface area contributed by atoms with Gasteiger partial charge in [-0.25, -0.2) is 0 Å². The molecule has 0 aliphatic heterocycles. The molecule has 15 heavy (non-hydrogen) atoms. The van der Waals surface area contributed by atoms with Gasteiger partial charge in [-0.1, -0.05) is 30.3 Å². The van der Waals surface area contributed by atoms with Gasteiger partial charge in [0, 0.05) is 0 Å². The third-order valence-electron chi connectivity index (χ3n) is 2.44. The summed E-state index contributed by atoms with van der Waals surface area (Å²) in [6.07, 6.45) is 2.43. The lowest BCUT2D eigenvalue weighted by molar-refractivity contribution is 0.0630. The Hall–Kier alpha value is -0.860. The summed E-state index contributed by atoms with van der Waals surface area (Å²) < 4.78 is 5.71. The lowest BCUT2D eigenvalue weighted by Gasteiger charge is -2.12. The second-order valence-electron chi connectivity index (χ2n) is 3.81. The molecule has 0 bridgehead atoms. The zero-order chi connectivity index (χ0) is 10.9. The summed E-state index contributed by atoms with van der Waals surface area (Å²) in [6.45, 7) is 3.96. The van der Waals surface area contributed by atoms with Crippen LogP contribution in [0.1, 0.15) is 18.9 Å². The highest BCUT2D eigenvalue weighted by Gasteiger charge is 2.00. The molecule has 0 saturated heterocycles. The van der Waals surface area contributed by atoms with E-state index in [9.17, 15) is 0 Å². The fraction of sp³-hybridized carbons (Fsp3) is 0.538. The molecule has 0 aliphatic carbocycles. The minimum atomic E-state index is 0.348. The SMILES string of the molecule is CNCCC(C)OCCc1ccccc1. The predicted molar refractivity (Wildman–Crippen MR) is 64.1 cm³/mol. The summed E-state index contributed by atoms with van der Waals surface area (Å²) in [5, 5.41) is 3.13. The fourth-order valence-electron chi connectivity index (χ4n) is 1.45. The van der Waals surface area contributed by atoms with Crippen molar-refractivity contribution in [1.29, 1.82) is 0 Å². The van der Waals surface area contributed by atoms with Crippen molar-refractivity contribution in [3.8, 4) is 0 Å². The molecule has 1 aromatic carbocycles. The van der Waals surface area contributed by atoms with Crippen LogP contribution < -0.4 is 5.32 Å². The Morgan fingerprint density at radius 2 is 2.00 bits per heavy atom. The molecule has 0 fully saturated rings. The molecule has 0 amide bonds. The van der Waals surface area contributed by atoms with Crippen molar-refractivity contribution in [2.45, 2.75) is 25.9 Å². The monoisotopic (exact) mass is 207 g/mol. The third-order valence-corrected chi connectivity index (χ3v) is 2.44. The Morgan fingerprint density at radius 3 is 2.67 bits per heavy atom. The molecule has 1 atom stereocenters. The Labute approximate surface area is 92.6 Å². The molecule has 0 aromatic heterocycles. The van der Waals surface area contributed by atoms with E-state index in [4.69, 9.17) is 4.74 Å². The molecule has 1 aromatic rings. The second kappa shape index (κ2) is 7.43. The highest BCUT2D eigenvalue weighted by atomic mass is 16.5. The van der Waals surface area contributed by atoms with Crippen molar-refractivity contribution in [2.24, 2.45) is 0 Å². The van der Waals surface area contributed by atoms with Crippen LogP contribution in [-0.4, -0.2) is 26.3 Å². The van der Waals surface area contributed by atoms with Crippen LogP contribution in [0.5, 0.6) is 0 Å². The van der Waals surface area contributed by atoms with Gasteiger partial charge in [0.2, 0.25) is 0 Å². The molecule has 2 nitrogen and oxygen atoms in total. The first kappa shape index (κ1) is 12.2. The number of nitrogens with one attached hydrogen (secondary N) is 1. The van der Waals surface area contributed by atoms with Gasteiger partial charge in [-0.2, -0.15) is 0 Å². The largest absolute Gasteiger partial charge is 0.378 e. The van der Waals surface area contributed by atoms with Crippen LogP contribution in [0.15, 0.2) is 30.3 Å². The van der Waals surface area contributed by atoms with E-state index < -0.39 is 0 Å². The number of benzene rings is 1. The minimum absolute atomic E-state index is 0.348. The Kier molecular flexibility index (Phi) is 6.05. The Bertz CT molecular complexity index is 248. The van der Waals surface area contributed by atoms with Crippen LogP contribution in [0.4, 0.5) is 0 Å². The maximum Gasteiger partial charge on any atom is 0.0559 e. The van der Waals surface area contributed by atoms with E-state index in [2.05, 4.69) is 36.5 Å². The molecule has 2 heteroatoms. The van der Waals surface area contributed by atoms with Crippen LogP contribution in [-0.2, 0) is 11.2 Å². The van der Waals surface area contributed by atoms with Gasteiger partial charge in [-0.15, -0.1) is 0 Å². The highest BCUT2D eigenvalue weighted by Crippen LogP contribution is 2.02. The average molecular weight is 207 g/mol. The Balaban J connectivity index is 2.11. The van der Waals surface area contributed by atoms with E-state index in [1.165, 1.54) is 5.56 Å². The van der Waals surface area contributed by atoms with Crippen molar-refractivity contribution < 1.29 is 4.74 Å².